The fourth-order valence-electron chi connectivity index (χ4n) is 2.41. The van der Waals surface area contributed by atoms with Gasteiger partial charge in [0, 0.05) is 31.0 Å². The van der Waals surface area contributed by atoms with Gasteiger partial charge in [0.1, 0.15) is 0 Å². The molecule has 96 valence electrons. The standard InChI is InChI=1S/C15H15N3O/c1-11(19)18-8-6-12-9-13(4-5-15(12)18)17-14-3-2-7-16-10-14/h2-5,7,9-10,17H,6,8H2,1H3. The topological polar surface area (TPSA) is 45.2 Å². The van der Waals surface area contributed by atoms with E-state index in [0.717, 1.165) is 30.0 Å². The van der Waals surface area contributed by atoms with Crippen molar-refractivity contribution in [3.63, 3.8) is 0 Å². The van der Waals surface area contributed by atoms with Gasteiger partial charge in [0.2, 0.25) is 5.91 Å². The summed E-state index contributed by atoms with van der Waals surface area (Å²) in [6.07, 6.45) is 4.45. The summed E-state index contributed by atoms with van der Waals surface area (Å²) in [5, 5.41) is 3.31. The Labute approximate surface area is 112 Å². The van der Waals surface area contributed by atoms with Crippen LogP contribution in [0.15, 0.2) is 42.7 Å². The van der Waals surface area contributed by atoms with Gasteiger partial charge in [0.05, 0.1) is 11.9 Å². The van der Waals surface area contributed by atoms with Crippen molar-refractivity contribution in [2.45, 2.75) is 13.3 Å². The van der Waals surface area contributed by atoms with Crippen molar-refractivity contribution in [1.82, 2.24) is 4.98 Å². The second-order valence-electron chi connectivity index (χ2n) is 4.63. The Morgan fingerprint density at radius 2 is 2.21 bits per heavy atom. The Balaban J connectivity index is 1.85. The molecule has 1 amide bonds. The van der Waals surface area contributed by atoms with Gasteiger partial charge in [-0.3, -0.25) is 9.78 Å². The number of carbonyl (C=O) groups is 1. The number of aromatic nitrogens is 1. The molecule has 0 atom stereocenters. The maximum atomic E-state index is 11.5. The molecule has 2 aromatic rings. The van der Waals surface area contributed by atoms with Crippen LogP contribution < -0.4 is 10.2 Å². The van der Waals surface area contributed by atoms with Gasteiger partial charge >= 0.3 is 0 Å². The number of rotatable bonds is 2. The quantitative estimate of drug-likeness (QED) is 0.895. The van der Waals surface area contributed by atoms with Crippen LogP contribution in [-0.2, 0) is 11.2 Å². The molecule has 1 N–H and O–H groups in total. The number of hydrogen-bond donors (Lipinski definition) is 1. The van der Waals surface area contributed by atoms with Gasteiger partial charge in [-0.25, -0.2) is 0 Å². The molecule has 0 aliphatic carbocycles. The summed E-state index contributed by atoms with van der Waals surface area (Å²) in [7, 11) is 0. The largest absolute Gasteiger partial charge is 0.354 e. The van der Waals surface area contributed by atoms with Gasteiger partial charge in [0.15, 0.2) is 0 Å². The minimum atomic E-state index is 0.103. The molecule has 0 radical (unpaired) electrons. The lowest BCUT2D eigenvalue weighted by molar-refractivity contribution is -0.116. The van der Waals surface area contributed by atoms with Crippen molar-refractivity contribution in [2.75, 3.05) is 16.8 Å². The highest BCUT2D eigenvalue weighted by Gasteiger charge is 2.21. The number of pyridine rings is 1. The van der Waals surface area contributed by atoms with Gasteiger partial charge in [-0.15, -0.1) is 0 Å². The Kier molecular flexibility index (Phi) is 2.91. The average molecular weight is 253 g/mol. The van der Waals surface area contributed by atoms with E-state index < -0.39 is 0 Å². The molecule has 3 rings (SSSR count). The monoisotopic (exact) mass is 253 g/mol. The molecule has 0 unspecified atom stereocenters. The third-order valence-corrected chi connectivity index (χ3v) is 3.31. The van der Waals surface area contributed by atoms with Gasteiger partial charge in [-0.2, -0.15) is 0 Å². The maximum absolute atomic E-state index is 11.5. The number of amides is 1. The zero-order valence-corrected chi connectivity index (χ0v) is 10.8. The van der Waals surface area contributed by atoms with Gasteiger partial charge < -0.3 is 10.2 Å². The number of anilines is 3. The molecule has 1 aliphatic heterocycles. The minimum absolute atomic E-state index is 0.103. The van der Waals surface area contributed by atoms with Crippen LogP contribution in [0.5, 0.6) is 0 Å². The zero-order valence-electron chi connectivity index (χ0n) is 10.8. The minimum Gasteiger partial charge on any atom is -0.354 e. The van der Waals surface area contributed by atoms with Crippen molar-refractivity contribution in [3.05, 3.63) is 48.3 Å². The SMILES string of the molecule is CC(=O)N1CCc2cc(Nc3cccnc3)ccc21. The Hall–Kier alpha value is -2.36. The van der Waals surface area contributed by atoms with Crippen LogP contribution >= 0.6 is 0 Å². The lowest BCUT2D eigenvalue weighted by atomic mass is 10.1. The fourth-order valence-corrected chi connectivity index (χ4v) is 2.41. The van der Waals surface area contributed by atoms with E-state index in [4.69, 9.17) is 0 Å². The molecule has 0 saturated heterocycles. The summed E-state index contributed by atoms with van der Waals surface area (Å²) in [5.74, 6) is 0.103. The van der Waals surface area contributed by atoms with Crippen molar-refractivity contribution in [2.24, 2.45) is 0 Å². The molecule has 1 aromatic heterocycles. The van der Waals surface area contributed by atoms with E-state index in [1.807, 2.05) is 29.2 Å². The smallest absolute Gasteiger partial charge is 0.223 e. The highest BCUT2D eigenvalue weighted by molar-refractivity contribution is 5.94. The zero-order chi connectivity index (χ0) is 13.2. The molecular weight excluding hydrogens is 238 g/mol. The van der Waals surface area contributed by atoms with E-state index in [1.54, 1.807) is 19.3 Å². The van der Waals surface area contributed by atoms with Gasteiger partial charge in [-0.1, -0.05) is 0 Å². The fraction of sp³-hybridized carbons (Fsp3) is 0.200. The summed E-state index contributed by atoms with van der Waals surface area (Å²) in [6, 6.07) is 9.97. The molecular formula is C15H15N3O. The van der Waals surface area contributed by atoms with Crippen LogP contribution in [0.1, 0.15) is 12.5 Å². The second kappa shape index (κ2) is 4.72. The summed E-state index contributed by atoms with van der Waals surface area (Å²) >= 11 is 0. The Morgan fingerprint density at radius 1 is 1.32 bits per heavy atom. The number of benzene rings is 1. The number of nitrogens with zero attached hydrogens (tertiary/aromatic N) is 2. The van der Waals surface area contributed by atoms with E-state index in [0.29, 0.717) is 0 Å². The molecule has 0 saturated carbocycles. The summed E-state index contributed by atoms with van der Waals surface area (Å²) in [4.78, 5) is 17.4. The summed E-state index contributed by atoms with van der Waals surface area (Å²) < 4.78 is 0. The third-order valence-electron chi connectivity index (χ3n) is 3.31. The first kappa shape index (κ1) is 11.7. The third kappa shape index (κ3) is 2.29. The molecule has 0 fully saturated rings. The van der Waals surface area contributed by atoms with E-state index in [9.17, 15) is 4.79 Å². The van der Waals surface area contributed by atoms with Crippen molar-refractivity contribution < 1.29 is 4.79 Å². The van der Waals surface area contributed by atoms with Crippen LogP contribution in [-0.4, -0.2) is 17.4 Å². The predicted molar refractivity (Wildman–Crippen MR) is 75.7 cm³/mol. The lowest BCUT2D eigenvalue weighted by Gasteiger charge is -2.15. The maximum Gasteiger partial charge on any atom is 0.223 e. The molecule has 1 aliphatic rings. The molecule has 2 heterocycles. The lowest BCUT2D eigenvalue weighted by Crippen LogP contribution is -2.25. The molecule has 0 spiro atoms. The van der Waals surface area contributed by atoms with Gasteiger partial charge in [-0.05, 0) is 42.3 Å². The number of fused-ring (bicyclic) bond motifs is 1. The molecule has 1 aromatic carbocycles. The van der Waals surface area contributed by atoms with Crippen molar-refractivity contribution in [1.29, 1.82) is 0 Å². The van der Waals surface area contributed by atoms with Crippen LogP contribution in [0.2, 0.25) is 0 Å². The highest BCUT2D eigenvalue weighted by atomic mass is 16.2. The van der Waals surface area contributed by atoms with Crippen molar-refractivity contribution in [3.8, 4) is 0 Å². The second-order valence-corrected chi connectivity index (χ2v) is 4.63. The number of nitrogens with one attached hydrogen (secondary N) is 1. The number of carbonyl (C=O) groups excluding carboxylic acids is 1. The van der Waals surface area contributed by atoms with Gasteiger partial charge in [0.25, 0.3) is 0 Å². The van der Waals surface area contributed by atoms with Crippen LogP contribution in [0.3, 0.4) is 0 Å². The summed E-state index contributed by atoms with van der Waals surface area (Å²) in [6.45, 7) is 2.39. The normalized spacial score (nSPS) is 13.2. The highest BCUT2D eigenvalue weighted by Crippen LogP contribution is 2.31. The molecule has 4 heteroatoms. The average Bonchev–Trinajstić information content (AvgIpc) is 2.83. The van der Waals surface area contributed by atoms with Crippen LogP contribution in [0.4, 0.5) is 17.1 Å². The van der Waals surface area contributed by atoms with E-state index >= 15 is 0 Å². The van der Waals surface area contributed by atoms with Crippen LogP contribution in [0.25, 0.3) is 0 Å². The first-order valence-corrected chi connectivity index (χ1v) is 6.32. The predicted octanol–water partition coefficient (Wildman–Crippen LogP) is 2.73. The number of hydrogen-bond acceptors (Lipinski definition) is 3. The first-order chi connectivity index (χ1) is 9.24. The summed E-state index contributed by atoms with van der Waals surface area (Å²) in [5.41, 5.74) is 4.23. The van der Waals surface area contributed by atoms with Crippen molar-refractivity contribution >= 4 is 23.0 Å². The van der Waals surface area contributed by atoms with E-state index in [-0.39, 0.29) is 5.91 Å². The first-order valence-electron chi connectivity index (χ1n) is 6.32. The Morgan fingerprint density at radius 3 is 2.95 bits per heavy atom. The molecule has 0 bridgehead atoms. The van der Waals surface area contributed by atoms with E-state index in [1.165, 1.54) is 5.56 Å². The van der Waals surface area contributed by atoms with E-state index in [2.05, 4.69) is 16.4 Å². The van der Waals surface area contributed by atoms with Crippen LogP contribution in [0, 0.1) is 0 Å². The Bertz CT molecular complexity index is 610. The molecule has 19 heavy (non-hydrogen) atoms. The molecule has 4 nitrogen and oxygen atoms in total.